The largest absolute Gasteiger partial charge is 0.508 e. The third kappa shape index (κ3) is 1.18. The van der Waals surface area contributed by atoms with E-state index in [1.165, 1.54) is 0 Å². The van der Waals surface area contributed by atoms with Crippen LogP contribution >= 0.6 is 0 Å². The zero-order valence-corrected chi connectivity index (χ0v) is 8.38. The lowest BCUT2D eigenvalue weighted by atomic mass is 10.1. The number of rotatable bonds is 0. The Morgan fingerprint density at radius 3 is 2.75 bits per heavy atom. The van der Waals surface area contributed by atoms with Gasteiger partial charge in [-0.25, -0.2) is 0 Å². The van der Waals surface area contributed by atoms with Crippen LogP contribution < -0.4 is 0 Å². The van der Waals surface area contributed by atoms with Crippen molar-refractivity contribution < 1.29 is 10.2 Å². The molecule has 0 bridgehead atoms. The van der Waals surface area contributed by atoms with Gasteiger partial charge in [0.15, 0.2) is 0 Å². The average molecular weight is 211 g/mol. The summed E-state index contributed by atoms with van der Waals surface area (Å²) in [4.78, 5) is 4.26. The molecule has 3 nitrogen and oxygen atoms in total. The first kappa shape index (κ1) is 8.97. The van der Waals surface area contributed by atoms with Gasteiger partial charge in [0.2, 0.25) is 0 Å². The van der Waals surface area contributed by atoms with E-state index in [1.807, 2.05) is 6.07 Å². The summed E-state index contributed by atoms with van der Waals surface area (Å²) in [5.41, 5.74) is 0.720. The topological polar surface area (TPSA) is 53.4 Å². The van der Waals surface area contributed by atoms with Crippen LogP contribution in [0, 0.1) is 0 Å². The lowest BCUT2D eigenvalue weighted by molar-refractivity contribution is 0.476. The van der Waals surface area contributed by atoms with Crippen LogP contribution in [0.15, 0.2) is 42.6 Å². The molecular formula is C13H9NO2. The molecule has 0 radical (unpaired) electrons. The van der Waals surface area contributed by atoms with Crippen LogP contribution in [-0.2, 0) is 0 Å². The van der Waals surface area contributed by atoms with Crippen molar-refractivity contribution in [1.29, 1.82) is 0 Å². The second-order valence-corrected chi connectivity index (χ2v) is 3.70. The lowest BCUT2D eigenvalue weighted by Gasteiger charge is -2.05. The standard InChI is InChI=1S/C13H9NO2/c15-9-5-4-8-7-14-11-2-1-3-12(16)13(11)10(8)6-9/h1-7,15-16H. The fraction of sp³-hybridized carbons (Fsp3) is 0. The van der Waals surface area contributed by atoms with E-state index in [4.69, 9.17) is 0 Å². The molecule has 1 aromatic heterocycles. The number of aromatic nitrogens is 1. The van der Waals surface area contributed by atoms with Gasteiger partial charge in [-0.15, -0.1) is 0 Å². The summed E-state index contributed by atoms with van der Waals surface area (Å²) in [7, 11) is 0. The minimum Gasteiger partial charge on any atom is -0.508 e. The molecule has 0 fully saturated rings. The van der Waals surface area contributed by atoms with E-state index in [0.717, 1.165) is 16.3 Å². The maximum Gasteiger partial charge on any atom is 0.125 e. The maximum atomic E-state index is 9.84. The van der Waals surface area contributed by atoms with Gasteiger partial charge >= 0.3 is 0 Å². The van der Waals surface area contributed by atoms with Gasteiger partial charge in [0.25, 0.3) is 0 Å². The van der Waals surface area contributed by atoms with Crippen molar-refractivity contribution in [3.8, 4) is 11.5 Å². The molecule has 1 heterocycles. The maximum absolute atomic E-state index is 9.84. The highest BCUT2D eigenvalue weighted by Gasteiger charge is 2.06. The first-order chi connectivity index (χ1) is 7.75. The Bertz CT molecular complexity index is 692. The van der Waals surface area contributed by atoms with Crippen molar-refractivity contribution in [2.24, 2.45) is 0 Å². The molecule has 3 heteroatoms. The molecule has 2 N–H and O–H groups in total. The Balaban J connectivity index is 2.61. The SMILES string of the molecule is Oc1ccc2cnc3cccc(O)c3c2c1. The van der Waals surface area contributed by atoms with Crippen molar-refractivity contribution in [1.82, 2.24) is 4.98 Å². The Morgan fingerprint density at radius 2 is 1.88 bits per heavy atom. The molecule has 0 aliphatic rings. The fourth-order valence-corrected chi connectivity index (χ4v) is 1.92. The van der Waals surface area contributed by atoms with Crippen LogP contribution in [0.3, 0.4) is 0 Å². The normalized spacial score (nSPS) is 11.0. The second-order valence-electron chi connectivity index (χ2n) is 3.70. The summed E-state index contributed by atoms with van der Waals surface area (Å²) in [6, 6.07) is 10.2. The van der Waals surface area contributed by atoms with Crippen molar-refractivity contribution in [2.45, 2.75) is 0 Å². The molecule has 0 aliphatic heterocycles. The highest BCUT2D eigenvalue weighted by Crippen LogP contribution is 2.32. The molecule has 2 aromatic carbocycles. The number of phenolic OH excluding ortho intramolecular Hbond substituents is 2. The van der Waals surface area contributed by atoms with E-state index < -0.39 is 0 Å². The van der Waals surface area contributed by atoms with Crippen LogP contribution in [0.2, 0.25) is 0 Å². The fourth-order valence-electron chi connectivity index (χ4n) is 1.92. The number of nitrogens with zero attached hydrogens (tertiary/aromatic N) is 1. The summed E-state index contributed by atoms with van der Waals surface area (Å²) in [6.07, 6.45) is 1.73. The monoisotopic (exact) mass is 211 g/mol. The number of hydrogen-bond acceptors (Lipinski definition) is 3. The highest BCUT2D eigenvalue weighted by atomic mass is 16.3. The summed E-state index contributed by atoms with van der Waals surface area (Å²) < 4.78 is 0. The van der Waals surface area contributed by atoms with E-state index in [9.17, 15) is 10.2 Å². The molecule has 3 rings (SSSR count). The Morgan fingerprint density at radius 1 is 1.00 bits per heavy atom. The van der Waals surface area contributed by atoms with Crippen LogP contribution in [0.25, 0.3) is 21.7 Å². The van der Waals surface area contributed by atoms with E-state index >= 15 is 0 Å². The number of pyridine rings is 1. The molecule has 78 valence electrons. The molecule has 0 amide bonds. The first-order valence-electron chi connectivity index (χ1n) is 4.95. The summed E-state index contributed by atoms with van der Waals surface area (Å²) in [5.74, 6) is 0.365. The molecule has 0 saturated heterocycles. The minimum absolute atomic E-state index is 0.182. The summed E-state index contributed by atoms with van der Waals surface area (Å²) in [6.45, 7) is 0. The van der Waals surface area contributed by atoms with Gasteiger partial charge < -0.3 is 10.2 Å². The molecule has 16 heavy (non-hydrogen) atoms. The zero-order valence-electron chi connectivity index (χ0n) is 8.38. The van der Waals surface area contributed by atoms with Crippen molar-refractivity contribution in [3.05, 3.63) is 42.6 Å². The Kier molecular flexibility index (Phi) is 1.74. The molecule has 0 unspecified atom stereocenters. The number of hydrogen-bond donors (Lipinski definition) is 2. The van der Waals surface area contributed by atoms with Gasteiger partial charge in [-0.3, -0.25) is 4.98 Å². The van der Waals surface area contributed by atoms with Gasteiger partial charge in [-0.05, 0) is 35.7 Å². The third-order valence-corrected chi connectivity index (χ3v) is 2.67. The summed E-state index contributed by atoms with van der Waals surface area (Å²) >= 11 is 0. The number of phenols is 2. The molecule has 3 aromatic rings. The van der Waals surface area contributed by atoms with E-state index in [-0.39, 0.29) is 11.5 Å². The lowest BCUT2D eigenvalue weighted by Crippen LogP contribution is -1.82. The predicted molar refractivity (Wildman–Crippen MR) is 62.6 cm³/mol. The van der Waals surface area contributed by atoms with Crippen LogP contribution in [-0.4, -0.2) is 15.2 Å². The highest BCUT2D eigenvalue weighted by molar-refractivity contribution is 6.08. The smallest absolute Gasteiger partial charge is 0.125 e. The number of fused-ring (bicyclic) bond motifs is 3. The van der Waals surface area contributed by atoms with Crippen molar-refractivity contribution in [2.75, 3.05) is 0 Å². The Hall–Kier alpha value is -2.29. The van der Waals surface area contributed by atoms with Gasteiger partial charge in [0, 0.05) is 17.0 Å². The molecule has 0 saturated carbocycles. The van der Waals surface area contributed by atoms with Gasteiger partial charge in [0.1, 0.15) is 11.5 Å². The van der Waals surface area contributed by atoms with Crippen LogP contribution in [0.5, 0.6) is 11.5 Å². The van der Waals surface area contributed by atoms with E-state index in [1.54, 1.807) is 36.5 Å². The molecule has 0 aliphatic carbocycles. The van der Waals surface area contributed by atoms with Crippen LogP contribution in [0.1, 0.15) is 0 Å². The number of benzene rings is 2. The Labute approximate surface area is 91.6 Å². The first-order valence-corrected chi connectivity index (χ1v) is 4.95. The van der Waals surface area contributed by atoms with Crippen LogP contribution in [0.4, 0.5) is 0 Å². The van der Waals surface area contributed by atoms with E-state index in [0.29, 0.717) is 5.39 Å². The van der Waals surface area contributed by atoms with Crippen molar-refractivity contribution in [3.63, 3.8) is 0 Å². The molecule has 0 atom stereocenters. The van der Waals surface area contributed by atoms with Crippen molar-refractivity contribution >= 4 is 21.7 Å². The van der Waals surface area contributed by atoms with Gasteiger partial charge in [-0.2, -0.15) is 0 Å². The van der Waals surface area contributed by atoms with Gasteiger partial charge in [-0.1, -0.05) is 6.07 Å². The van der Waals surface area contributed by atoms with Gasteiger partial charge in [0.05, 0.1) is 5.52 Å². The second kappa shape index (κ2) is 3.10. The third-order valence-electron chi connectivity index (χ3n) is 2.67. The zero-order chi connectivity index (χ0) is 11.1. The molecule has 0 spiro atoms. The van der Waals surface area contributed by atoms with E-state index in [2.05, 4.69) is 4.98 Å². The molecular weight excluding hydrogens is 202 g/mol. The predicted octanol–water partition coefficient (Wildman–Crippen LogP) is 2.80. The number of aromatic hydroxyl groups is 2. The minimum atomic E-state index is 0.182. The average Bonchev–Trinajstić information content (AvgIpc) is 2.28. The summed E-state index contributed by atoms with van der Waals surface area (Å²) in [5, 5.41) is 21.7. The quantitative estimate of drug-likeness (QED) is 0.562.